The van der Waals surface area contributed by atoms with E-state index in [-0.39, 0.29) is 11.6 Å². The third-order valence-corrected chi connectivity index (χ3v) is 2.70. The minimum atomic E-state index is -0.834. The van der Waals surface area contributed by atoms with Crippen LogP contribution in [0.5, 0.6) is 0 Å². The maximum absolute atomic E-state index is 13.5. The lowest BCUT2D eigenvalue weighted by Gasteiger charge is -2.08. The molecule has 17 heavy (non-hydrogen) atoms. The van der Waals surface area contributed by atoms with E-state index in [1.807, 2.05) is 19.1 Å². The Balaban J connectivity index is 2.43. The van der Waals surface area contributed by atoms with Gasteiger partial charge >= 0.3 is 0 Å². The quantitative estimate of drug-likeness (QED) is 0.841. The predicted octanol–water partition coefficient (Wildman–Crippen LogP) is 3.65. The summed E-state index contributed by atoms with van der Waals surface area (Å²) in [5, 5.41) is 0. The van der Waals surface area contributed by atoms with Crippen LogP contribution >= 0.6 is 0 Å². The Morgan fingerprint density at radius 3 is 2.24 bits per heavy atom. The summed E-state index contributed by atoms with van der Waals surface area (Å²) in [5.41, 5.74) is 7.60. The second-order valence-electron chi connectivity index (χ2n) is 4.01. The van der Waals surface area contributed by atoms with Crippen LogP contribution in [-0.4, -0.2) is 0 Å². The van der Waals surface area contributed by atoms with Gasteiger partial charge < -0.3 is 5.73 Å². The molecule has 1 unspecified atom stereocenters. The predicted molar refractivity (Wildman–Crippen MR) is 64.4 cm³/mol. The lowest BCUT2D eigenvalue weighted by atomic mass is 10.0. The molecule has 0 aliphatic heterocycles. The van der Waals surface area contributed by atoms with Gasteiger partial charge in [-0.15, -0.1) is 0 Å². The van der Waals surface area contributed by atoms with Gasteiger partial charge in [0.1, 0.15) is 0 Å². The fourth-order valence-electron chi connectivity index (χ4n) is 1.69. The number of halogens is 2. The third-order valence-electron chi connectivity index (χ3n) is 2.70. The Hall–Kier alpha value is -1.74. The molecule has 88 valence electrons. The smallest absolute Gasteiger partial charge is 0.166 e. The maximum Gasteiger partial charge on any atom is 0.166 e. The van der Waals surface area contributed by atoms with Crippen molar-refractivity contribution in [3.05, 3.63) is 59.7 Å². The highest BCUT2D eigenvalue weighted by atomic mass is 19.2. The molecule has 0 amide bonds. The number of nitrogens with two attached hydrogens (primary N) is 1. The summed E-state index contributed by atoms with van der Waals surface area (Å²) in [4.78, 5) is 0. The second kappa shape index (κ2) is 4.63. The molecule has 2 N–H and O–H groups in total. The molecule has 0 bridgehead atoms. The number of hydrogen-bond donors (Lipinski definition) is 1. The van der Waals surface area contributed by atoms with Crippen molar-refractivity contribution < 1.29 is 8.78 Å². The average molecular weight is 233 g/mol. The summed E-state index contributed by atoms with van der Waals surface area (Å²) in [5.74, 6) is -1.65. The van der Waals surface area contributed by atoms with Crippen LogP contribution in [0, 0.1) is 11.6 Å². The molecule has 0 fully saturated rings. The minimum absolute atomic E-state index is 0.0681. The molecular weight excluding hydrogens is 220 g/mol. The van der Waals surface area contributed by atoms with Crippen molar-refractivity contribution in [1.29, 1.82) is 0 Å². The van der Waals surface area contributed by atoms with Crippen LogP contribution in [0.15, 0.2) is 42.5 Å². The maximum atomic E-state index is 13.5. The van der Waals surface area contributed by atoms with Gasteiger partial charge in [-0.05, 0) is 24.1 Å². The van der Waals surface area contributed by atoms with Gasteiger partial charge in [-0.1, -0.05) is 36.4 Å². The molecule has 0 aliphatic rings. The van der Waals surface area contributed by atoms with E-state index in [1.165, 1.54) is 6.07 Å². The van der Waals surface area contributed by atoms with Gasteiger partial charge in [0.05, 0.1) is 0 Å². The van der Waals surface area contributed by atoms with Crippen molar-refractivity contribution in [3.63, 3.8) is 0 Å². The summed E-state index contributed by atoms with van der Waals surface area (Å²) in [6.45, 7) is 1.87. The molecule has 0 radical (unpaired) electrons. The van der Waals surface area contributed by atoms with E-state index in [0.717, 1.165) is 11.6 Å². The van der Waals surface area contributed by atoms with E-state index in [0.29, 0.717) is 5.56 Å². The fraction of sp³-hybridized carbons (Fsp3) is 0.143. The van der Waals surface area contributed by atoms with E-state index < -0.39 is 11.6 Å². The van der Waals surface area contributed by atoms with Crippen molar-refractivity contribution in [2.45, 2.75) is 13.0 Å². The first-order valence-electron chi connectivity index (χ1n) is 5.39. The van der Waals surface area contributed by atoms with Crippen LogP contribution < -0.4 is 5.73 Å². The fourth-order valence-corrected chi connectivity index (χ4v) is 1.69. The average Bonchev–Trinajstić information content (AvgIpc) is 2.33. The van der Waals surface area contributed by atoms with Gasteiger partial charge in [0.25, 0.3) is 0 Å². The van der Waals surface area contributed by atoms with Gasteiger partial charge in [-0.2, -0.15) is 0 Å². The topological polar surface area (TPSA) is 26.0 Å². The van der Waals surface area contributed by atoms with E-state index in [9.17, 15) is 8.78 Å². The van der Waals surface area contributed by atoms with Gasteiger partial charge in [0, 0.05) is 11.6 Å². The van der Waals surface area contributed by atoms with E-state index >= 15 is 0 Å². The zero-order chi connectivity index (χ0) is 12.4. The van der Waals surface area contributed by atoms with Crippen molar-refractivity contribution in [1.82, 2.24) is 0 Å². The molecule has 1 atom stereocenters. The summed E-state index contributed by atoms with van der Waals surface area (Å²) in [7, 11) is 0. The van der Waals surface area contributed by atoms with Crippen LogP contribution in [0.25, 0.3) is 11.1 Å². The van der Waals surface area contributed by atoms with Crippen LogP contribution in [-0.2, 0) is 0 Å². The van der Waals surface area contributed by atoms with Crippen molar-refractivity contribution in [2.24, 2.45) is 5.73 Å². The second-order valence-corrected chi connectivity index (χ2v) is 4.01. The van der Waals surface area contributed by atoms with E-state index in [4.69, 9.17) is 5.73 Å². The highest BCUT2D eigenvalue weighted by molar-refractivity contribution is 5.64. The molecule has 0 aromatic heterocycles. The SMILES string of the molecule is CC(N)c1ccc(-c2cccc(F)c2F)cc1. The number of rotatable bonds is 2. The van der Waals surface area contributed by atoms with Crippen LogP contribution in [0.1, 0.15) is 18.5 Å². The Morgan fingerprint density at radius 1 is 1.00 bits per heavy atom. The first-order valence-corrected chi connectivity index (χ1v) is 5.39. The first-order chi connectivity index (χ1) is 8.09. The number of hydrogen-bond acceptors (Lipinski definition) is 1. The molecule has 2 rings (SSSR count). The van der Waals surface area contributed by atoms with Crippen molar-refractivity contribution in [2.75, 3.05) is 0 Å². The normalized spacial score (nSPS) is 12.5. The van der Waals surface area contributed by atoms with Gasteiger partial charge in [0.2, 0.25) is 0 Å². The lowest BCUT2D eigenvalue weighted by molar-refractivity contribution is 0.511. The Bertz CT molecular complexity index is 518. The van der Waals surface area contributed by atoms with Crippen LogP contribution in [0.3, 0.4) is 0 Å². The zero-order valence-corrected chi connectivity index (χ0v) is 9.45. The summed E-state index contributed by atoms with van der Waals surface area (Å²) < 4.78 is 26.6. The summed E-state index contributed by atoms with van der Waals surface area (Å²) >= 11 is 0. The minimum Gasteiger partial charge on any atom is -0.324 e. The molecule has 0 spiro atoms. The Morgan fingerprint density at radius 2 is 1.65 bits per heavy atom. The zero-order valence-electron chi connectivity index (χ0n) is 9.45. The van der Waals surface area contributed by atoms with Gasteiger partial charge in [-0.25, -0.2) is 8.78 Å². The van der Waals surface area contributed by atoms with Gasteiger partial charge in [-0.3, -0.25) is 0 Å². The molecular formula is C14H13F2N. The largest absolute Gasteiger partial charge is 0.324 e. The Labute approximate surface area is 98.9 Å². The standard InChI is InChI=1S/C14H13F2N/c1-9(17)10-5-7-11(8-6-10)12-3-2-4-13(15)14(12)16/h2-9H,17H2,1H3. The molecule has 0 saturated heterocycles. The molecule has 0 heterocycles. The molecule has 0 aliphatic carbocycles. The van der Waals surface area contributed by atoms with Gasteiger partial charge in [0.15, 0.2) is 11.6 Å². The molecule has 3 heteroatoms. The van der Waals surface area contributed by atoms with E-state index in [2.05, 4.69) is 0 Å². The van der Waals surface area contributed by atoms with E-state index in [1.54, 1.807) is 18.2 Å². The van der Waals surface area contributed by atoms with Crippen molar-refractivity contribution in [3.8, 4) is 11.1 Å². The highest BCUT2D eigenvalue weighted by Crippen LogP contribution is 2.25. The summed E-state index contributed by atoms with van der Waals surface area (Å²) in [6.07, 6.45) is 0. The first kappa shape index (κ1) is 11.7. The van der Waals surface area contributed by atoms with Crippen molar-refractivity contribution >= 4 is 0 Å². The monoisotopic (exact) mass is 233 g/mol. The molecule has 0 saturated carbocycles. The lowest BCUT2D eigenvalue weighted by Crippen LogP contribution is -2.04. The third kappa shape index (κ3) is 2.34. The molecule has 1 nitrogen and oxygen atoms in total. The highest BCUT2D eigenvalue weighted by Gasteiger charge is 2.09. The Kier molecular flexibility index (Phi) is 3.20. The number of benzene rings is 2. The molecule has 2 aromatic rings. The summed E-state index contributed by atoms with van der Waals surface area (Å²) in [6, 6.07) is 11.2. The van der Waals surface area contributed by atoms with Crippen LogP contribution in [0.4, 0.5) is 8.78 Å². The van der Waals surface area contributed by atoms with Crippen LogP contribution in [0.2, 0.25) is 0 Å². The molecule has 2 aromatic carbocycles.